The van der Waals surface area contributed by atoms with Gasteiger partial charge in [-0.2, -0.15) is 0 Å². The molecule has 0 aliphatic carbocycles. The molecule has 6 N–H and O–H groups in total. The predicted molar refractivity (Wildman–Crippen MR) is 66.1 cm³/mol. The number of rotatable bonds is 4. The molecule has 1 amide bonds. The highest BCUT2D eigenvalue weighted by atomic mass is 16.4. The monoisotopic (exact) mass is 250 g/mol. The van der Waals surface area contributed by atoms with Crippen LogP contribution in [0.15, 0.2) is 29.3 Å². The van der Waals surface area contributed by atoms with Crippen LogP contribution >= 0.6 is 0 Å². The minimum absolute atomic E-state index is 0.126. The topological polar surface area (TPSA) is 131 Å². The second kappa shape index (κ2) is 5.67. The summed E-state index contributed by atoms with van der Waals surface area (Å²) in [5.41, 5.74) is 11.3. The Morgan fingerprint density at radius 3 is 2.56 bits per heavy atom. The molecule has 0 saturated carbocycles. The molecule has 0 aromatic heterocycles. The molecule has 0 aliphatic heterocycles. The normalized spacial score (nSPS) is 11.4. The largest absolute Gasteiger partial charge is 0.479 e. The van der Waals surface area contributed by atoms with E-state index in [4.69, 9.17) is 16.6 Å². The fourth-order valence-electron chi connectivity index (χ4n) is 1.41. The van der Waals surface area contributed by atoms with E-state index in [2.05, 4.69) is 10.3 Å². The third kappa shape index (κ3) is 3.78. The Kier molecular flexibility index (Phi) is 4.25. The maximum Gasteiger partial charge on any atom is 0.330 e. The zero-order chi connectivity index (χ0) is 13.7. The number of amides is 1. The first-order chi connectivity index (χ1) is 8.40. The number of nitrogens with zero attached hydrogens (tertiary/aromatic N) is 1. The maximum atomic E-state index is 11.1. The number of benzene rings is 1. The molecule has 1 aromatic carbocycles. The summed E-state index contributed by atoms with van der Waals surface area (Å²) in [6.45, 7) is 1.25. The van der Waals surface area contributed by atoms with Gasteiger partial charge in [-0.25, -0.2) is 9.79 Å². The van der Waals surface area contributed by atoms with Crippen molar-refractivity contribution in [2.24, 2.45) is 16.5 Å². The van der Waals surface area contributed by atoms with Crippen molar-refractivity contribution in [1.29, 1.82) is 0 Å². The molecule has 7 nitrogen and oxygen atoms in total. The zero-order valence-corrected chi connectivity index (χ0v) is 9.75. The van der Waals surface area contributed by atoms with E-state index in [1.54, 1.807) is 18.2 Å². The van der Waals surface area contributed by atoms with Gasteiger partial charge in [0.1, 0.15) is 0 Å². The molecule has 0 unspecified atom stereocenters. The highest BCUT2D eigenvalue weighted by molar-refractivity contribution is 5.84. The standard InChI is InChI=1S/C11H14N4O3/c1-6(16)14-9(10(17)18)7-3-2-4-8(5-7)15-11(12)13/h2-5,9H,1H3,(H,14,16)(H,17,18)(H4,12,13,15)/t9-/m1/s1. The molecule has 1 rings (SSSR count). The van der Waals surface area contributed by atoms with E-state index in [9.17, 15) is 9.59 Å². The van der Waals surface area contributed by atoms with Crippen molar-refractivity contribution < 1.29 is 14.7 Å². The number of aliphatic imine (C=N–C) groups is 1. The van der Waals surface area contributed by atoms with Gasteiger partial charge in [0, 0.05) is 6.92 Å². The van der Waals surface area contributed by atoms with Gasteiger partial charge in [-0.1, -0.05) is 12.1 Å². The predicted octanol–water partition coefficient (Wildman–Crippen LogP) is -0.147. The van der Waals surface area contributed by atoms with Crippen LogP contribution in [0.25, 0.3) is 0 Å². The Hall–Kier alpha value is -2.57. The fraction of sp³-hybridized carbons (Fsp3) is 0.182. The number of hydrogen-bond acceptors (Lipinski definition) is 3. The Bertz CT molecular complexity index is 495. The summed E-state index contributed by atoms with van der Waals surface area (Å²) in [6, 6.07) is 5.16. The van der Waals surface area contributed by atoms with Crippen molar-refractivity contribution in [3.8, 4) is 0 Å². The lowest BCUT2D eigenvalue weighted by molar-refractivity contribution is -0.141. The number of carbonyl (C=O) groups excluding carboxylic acids is 1. The molecule has 1 atom stereocenters. The molecule has 0 saturated heterocycles. The minimum Gasteiger partial charge on any atom is -0.479 e. The van der Waals surface area contributed by atoms with Crippen LogP contribution in [0.2, 0.25) is 0 Å². The van der Waals surface area contributed by atoms with E-state index in [1.165, 1.54) is 13.0 Å². The van der Waals surface area contributed by atoms with Crippen LogP contribution in [-0.4, -0.2) is 22.9 Å². The van der Waals surface area contributed by atoms with Crippen LogP contribution < -0.4 is 16.8 Å². The molecule has 0 heterocycles. The molecule has 0 bridgehead atoms. The molecule has 0 radical (unpaired) electrons. The van der Waals surface area contributed by atoms with Gasteiger partial charge in [-0.05, 0) is 17.7 Å². The maximum absolute atomic E-state index is 11.1. The van der Waals surface area contributed by atoms with E-state index in [1.807, 2.05) is 0 Å². The third-order valence-corrected chi connectivity index (χ3v) is 2.06. The van der Waals surface area contributed by atoms with Gasteiger partial charge >= 0.3 is 5.97 Å². The van der Waals surface area contributed by atoms with Gasteiger partial charge < -0.3 is 21.9 Å². The first-order valence-corrected chi connectivity index (χ1v) is 5.09. The van der Waals surface area contributed by atoms with E-state index in [0.29, 0.717) is 11.3 Å². The van der Waals surface area contributed by atoms with Crippen LogP contribution in [-0.2, 0) is 9.59 Å². The van der Waals surface area contributed by atoms with Crippen molar-refractivity contribution >= 4 is 23.5 Å². The Morgan fingerprint density at radius 1 is 1.39 bits per heavy atom. The highest BCUT2D eigenvalue weighted by Gasteiger charge is 2.20. The zero-order valence-electron chi connectivity index (χ0n) is 9.75. The number of carbonyl (C=O) groups is 2. The summed E-state index contributed by atoms with van der Waals surface area (Å²) in [6.07, 6.45) is 0. The smallest absolute Gasteiger partial charge is 0.330 e. The number of nitrogens with two attached hydrogens (primary N) is 2. The van der Waals surface area contributed by atoms with E-state index >= 15 is 0 Å². The van der Waals surface area contributed by atoms with Gasteiger partial charge in [0.2, 0.25) is 5.91 Å². The lowest BCUT2D eigenvalue weighted by Crippen LogP contribution is -2.31. The second-order valence-electron chi connectivity index (χ2n) is 3.60. The molecule has 96 valence electrons. The summed E-state index contributed by atoms with van der Waals surface area (Å²) >= 11 is 0. The molecule has 1 aromatic rings. The number of hydrogen-bond donors (Lipinski definition) is 4. The lowest BCUT2D eigenvalue weighted by Gasteiger charge is -2.13. The van der Waals surface area contributed by atoms with Crippen molar-refractivity contribution in [2.45, 2.75) is 13.0 Å². The summed E-state index contributed by atoms with van der Waals surface area (Å²) in [7, 11) is 0. The number of nitrogens with one attached hydrogen (secondary N) is 1. The van der Waals surface area contributed by atoms with Gasteiger partial charge in [0.05, 0.1) is 5.69 Å². The quantitative estimate of drug-likeness (QED) is 0.436. The van der Waals surface area contributed by atoms with Crippen molar-refractivity contribution in [2.75, 3.05) is 0 Å². The summed E-state index contributed by atoms with van der Waals surface area (Å²) in [4.78, 5) is 25.8. The molecule has 0 spiro atoms. The molecule has 7 heteroatoms. The van der Waals surface area contributed by atoms with Crippen LogP contribution in [0.1, 0.15) is 18.5 Å². The molecular formula is C11H14N4O3. The minimum atomic E-state index is -1.16. The molecule has 18 heavy (non-hydrogen) atoms. The molecular weight excluding hydrogens is 236 g/mol. The highest BCUT2D eigenvalue weighted by Crippen LogP contribution is 2.20. The third-order valence-electron chi connectivity index (χ3n) is 2.06. The van der Waals surface area contributed by atoms with Crippen LogP contribution in [0.3, 0.4) is 0 Å². The van der Waals surface area contributed by atoms with Crippen LogP contribution in [0.5, 0.6) is 0 Å². The number of aliphatic carboxylic acids is 1. The lowest BCUT2D eigenvalue weighted by atomic mass is 10.1. The average Bonchev–Trinajstić information content (AvgIpc) is 2.24. The van der Waals surface area contributed by atoms with Gasteiger partial charge in [0.25, 0.3) is 0 Å². The Morgan fingerprint density at radius 2 is 2.06 bits per heavy atom. The number of carboxylic acid groups (broad SMARTS) is 1. The van der Waals surface area contributed by atoms with Gasteiger partial charge in [-0.15, -0.1) is 0 Å². The number of guanidine groups is 1. The summed E-state index contributed by atoms with van der Waals surface area (Å²) in [5, 5.41) is 11.4. The first kappa shape index (κ1) is 13.5. The van der Waals surface area contributed by atoms with Crippen molar-refractivity contribution in [3.63, 3.8) is 0 Å². The molecule has 0 fully saturated rings. The van der Waals surface area contributed by atoms with Crippen molar-refractivity contribution in [3.05, 3.63) is 29.8 Å². The Balaban J connectivity index is 3.09. The van der Waals surface area contributed by atoms with Crippen LogP contribution in [0.4, 0.5) is 5.69 Å². The van der Waals surface area contributed by atoms with E-state index in [-0.39, 0.29) is 5.96 Å². The van der Waals surface area contributed by atoms with Gasteiger partial charge in [0.15, 0.2) is 12.0 Å². The first-order valence-electron chi connectivity index (χ1n) is 5.09. The van der Waals surface area contributed by atoms with E-state index in [0.717, 1.165) is 0 Å². The molecule has 0 aliphatic rings. The van der Waals surface area contributed by atoms with E-state index < -0.39 is 17.9 Å². The number of carboxylic acids is 1. The Labute approximate surface area is 103 Å². The fourth-order valence-corrected chi connectivity index (χ4v) is 1.41. The summed E-state index contributed by atoms with van der Waals surface area (Å²) in [5.74, 6) is -1.72. The average molecular weight is 250 g/mol. The van der Waals surface area contributed by atoms with Gasteiger partial charge in [-0.3, -0.25) is 4.79 Å². The summed E-state index contributed by atoms with van der Waals surface area (Å²) < 4.78 is 0. The second-order valence-corrected chi connectivity index (χ2v) is 3.60. The SMILES string of the molecule is CC(=O)N[C@@H](C(=O)O)c1cccc(N=C(N)N)c1. The van der Waals surface area contributed by atoms with Crippen molar-refractivity contribution in [1.82, 2.24) is 5.32 Å². The van der Waals surface area contributed by atoms with Crippen LogP contribution in [0, 0.1) is 0 Å².